The Morgan fingerprint density at radius 1 is 1.50 bits per heavy atom. The zero-order valence-electron chi connectivity index (χ0n) is 10.7. The van der Waals surface area contributed by atoms with E-state index in [1.165, 1.54) is 6.07 Å². The number of hydrogen-bond donors (Lipinski definition) is 1. The number of rotatable bonds is 5. The van der Waals surface area contributed by atoms with Crippen LogP contribution >= 0.6 is 0 Å². The van der Waals surface area contributed by atoms with Crippen molar-refractivity contribution in [3.63, 3.8) is 0 Å². The van der Waals surface area contributed by atoms with Gasteiger partial charge in [-0.25, -0.2) is 0 Å². The molecule has 0 aliphatic heterocycles. The molecule has 1 aromatic carbocycles. The highest BCUT2D eigenvalue weighted by Gasteiger charge is 2.30. The van der Waals surface area contributed by atoms with Crippen LogP contribution in [-0.4, -0.2) is 23.6 Å². The van der Waals surface area contributed by atoms with E-state index >= 15 is 0 Å². The summed E-state index contributed by atoms with van der Waals surface area (Å²) in [7, 11) is 0. The molecule has 1 saturated carbocycles. The average Bonchev–Trinajstić information content (AvgIpc) is 2.26. The monoisotopic (exact) mass is 250 g/mol. The van der Waals surface area contributed by atoms with E-state index < -0.39 is 0 Å². The molecule has 0 amide bonds. The van der Waals surface area contributed by atoms with Gasteiger partial charge in [-0.05, 0) is 38.4 Å². The Balaban J connectivity index is 1.92. The van der Waals surface area contributed by atoms with Crippen LogP contribution in [0.1, 0.15) is 25.3 Å². The first-order chi connectivity index (χ1) is 8.60. The first-order valence-electron chi connectivity index (χ1n) is 6.25. The van der Waals surface area contributed by atoms with E-state index in [1.54, 1.807) is 19.1 Å². The molecule has 0 atom stereocenters. The topological polar surface area (TPSA) is 64.4 Å². The predicted octanol–water partition coefficient (Wildman–Crippen LogP) is 2.42. The third-order valence-electron chi connectivity index (χ3n) is 3.26. The lowest BCUT2D eigenvalue weighted by Gasteiger charge is -2.35. The van der Waals surface area contributed by atoms with Gasteiger partial charge in [0.2, 0.25) is 0 Å². The molecule has 18 heavy (non-hydrogen) atoms. The molecule has 0 saturated heterocycles. The highest BCUT2D eigenvalue weighted by molar-refractivity contribution is 5.44. The molecule has 98 valence electrons. The number of nitrogens with one attached hydrogen (secondary N) is 1. The molecule has 5 nitrogen and oxygen atoms in total. The Morgan fingerprint density at radius 2 is 2.22 bits per heavy atom. The van der Waals surface area contributed by atoms with E-state index in [0.29, 0.717) is 11.6 Å². The second-order valence-corrected chi connectivity index (χ2v) is 4.67. The van der Waals surface area contributed by atoms with Gasteiger partial charge in [0.1, 0.15) is 11.9 Å². The molecule has 0 heterocycles. The summed E-state index contributed by atoms with van der Waals surface area (Å²) in [5, 5.41) is 14.1. The minimum atomic E-state index is -0.371. The number of benzene rings is 1. The van der Waals surface area contributed by atoms with Gasteiger partial charge in [-0.2, -0.15) is 0 Å². The lowest BCUT2D eigenvalue weighted by molar-refractivity contribution is -0.385. The molecular formula is C13H18N2O3. The van der Waals surface area contributed by atoms with Crippen LogP contribution in [-0.2, 0) is 0 Å². The van der Waals surface area contributed by atoms with Crippen molar-refractivity contribution >= 4 is 5.69 Å². The second kappa shape index (κ2) is 5.35. The van der Waals surface area contributed by atoms with Gasteiger partial charge in [0.05, 0.1) is 4.92 Å². The van der Waals surface area contributed by atoms with Gasteiger partial charge in [0, 0.05) is 17.7 Å². The van der Waals surface area contributed by atoms with Crippen molar-refractivity contribution in [1.29, 1.82) is 0 Å². The summed E-state index contributed by atoms with van der Waals surface area (Å²) in [6.45, 7) is 4.80. The predicted molar refractivity (Wildman–Crippen MR) is 68.9 cm³/mol. The molecule has 1 aliphatic carbocycles. The zero-order chi connectivity index (χ0) is 13.1. The van der Waals surface area contributed by atoms with Crippen LogP contribution in [0.3, 0.4) is 0 Å². The zero-order valence-corrected chi connectivity index (χ0v) is 10.7. The van der Waals surface area contributed by atoms with Gasteiger partial charge in [-0.15, -0.1) is 0 Å². The molecule has 1 aliphatic rings. The highest BCUT2D eigenvalue weighted by Crippen LogP contribution is 2.28. The van der Waals surface area contributed by atoms with Crippen LogP contribution in [0.4, 0.5) is 5.69 Å². The van der Waals surface area contributed by atoms with E-state index in [1.807, 2.05) is 0 Å². The third kappa shape index (κ3) is 2.79. The van der Waals surface area contributed by atoms with Gasteiger partial charge in [-0.3, -0.25) is 10.1 Å². The summed E-state index contributed by atoms with van der Waals surface area (Å²) in [4.78, 5) is 10.3. The normalized spacial score (nSPS) is 22.3. The van der Waals surface area contributed by atoms with Crippen LogP contribution in [0.5, 0.6) is 5.75 Å². The van der Waals surface area contributed by atoms with Crippen LogP contribution < -0.4 is 10.1 Å². The maximum atomic E-state index is 10.7. The lowest BCUT2D eigenvalue weighted by atomic mass is 9.89. The second-order valence-electron chi connectivity index (χ2n) is 4.67. The van der Waals surface area contributed by atoms with Crippen molar-refractivity contribution < 1.29 is 9.66 Å². The number of ether oxygens (including phenoxy) is 1. The third-order valence-corrected chi connectivity index (χ3v) is 3.26. The van der Waals surface area contributed by atoms with Gasteiger partial charge >= 0.3 is 0 Å². The summed E-state index contributed by atoms with van der Waals surface area (Å²) in [6, 6.07) is 5.47. The Hall–Kier alpha value is -1.62. The van der Waals surface area contributed by atoms with Crippen LogP contribution in [0.2, 0.25) is 0 Å². The van der Waals surface area contributed by atoms with Gasteiger partial charge in [0.15, 0.2) is 0 Å². The van der Waals surface area contributed by atoms with E-state index in [0.717, 1.165) is 25.1 Å². The summed E-state index contributed by atoms with van der Waals surface area (Å²) in [5.74, 6) is 0.720. The molecule has 0 unspecified atom stereocenters. The van der Waals surface area contributed by atoms with Crippen molar-refractivity contribution in [2.24, 2.45) is 0 Å². The van der Waals surface area contributed by atoms with Crippen LogP contribution in [0, 0.1) is 17.0 Å². The van der Waals surface area contributed by atoms with Crippen molar-refractivity contribution in [2.75, 3.05) is 6.54 Å². The number of aryl methyl sites for hydroxylation is 1. The minimum Gasteiger partial charge on any atom is -0.490 e. The number of nitrogens with zero attached hydrogens (tertiary/aromatic N) is 1. The maximum absolute atomic E-state index is 10.7. The average molecular weight is 250 g/mol. The minimum absolute atomic E-state index is 0.140. The Bertz CT molecular complexity index is 442. The molecule has 0 aromatic heterocycles. The quantitative estimate of drug-likeness (QED) is 0.644. The van der Waals surface area contributed by atoms with E-state index in [2.05, 4.69) is 12.2 Å². The molecule has 2 rings (SSSR count). The fourth-order valence-corrected chi connectivity index (χ4v) is 2.22. The fraction of sp³-hybridized carbons (Fsp3) is 0.538. The molecule has 1 N–H and O–H groups in total. The molecule has 1 fully saturated rings. The van der Waals surface area contributed by atoms with Gasteiger partial charge < -0.3 is 10.1 Å². The van der Waals surface area contributed by atoms with Crippen molar-refractivity contribution in [3.8, 4) is 5.75 Å². The number of hydrogen-bond acceptors (Lipinski definition) is 4. The maximum Gasteiger partial charge on any atom is 0.272 e. The van der Waals surface area contributed by atoms with Crippen LogP contribution in [0.25, 0.3) is 0 Å². The number of nitro groups is 1. The van der Waals surface area contributed by atoms with E-state index in [9.17, 15) is 10.1 Å². The van der Waals surface area contributed by atoms with Crippen LogP contribution in [0.15, 0.2) is 18.2 Å². The van der Waals surface area contributed by atoms with Crippen molar-refractivity contribution in [3.05, 3.63) is 33.9 Å². The summed E-state index contributed by atoms with van der Waals surface area (Å²) in [5.41, 5.74) is 0.779. The Morgan fingerprint density at radius 3 is 2.78 bits per heavy atom. The molecule has 1 aromatic rings. The molecule has 0 bridgehead atoms. The largest absolute Gasteiger partial charge is 0.490 e. The summed E-state index contributed by atoms with van der Waals surface area (Å²) >= 11 is 0. The molecule has 5 heteroatoms. The van der Waals surface area contributed by atoms with Gasteiger partial charge in [-0.1, -0.05) is 6.92 Å². The first-order valence-corrected chi connectivity index (χ1v) is 6.25. The Kier molecular flexibility index (Phi) is 3.81. The van der Waals surface area contributed by atoms with E-state index in [4.69, 9.17) is 4.74 Å². The SMILES string of the molecule is CCNC1CC(Oc2ccc([N+](=O)[O-])c(C)c2)C1. The summed E-state index contributed by atoms with van der Waals surface area (Å²) < 4.78 is 5.78. The molecule has 0 spiro atoms. The first kappa shape index (κ1) is 12.8. The smallest absolute Gasteiger partial charge is 0.272 e. The fourth-order valence-electron chi connectivity index (χ4n) is 2.22. The van der Waals surface area contributed by atoms with Crippen molar-refractivity contribution in [1.82, 2.24) is 5.32 Å². The van der Waals surface area contributed by atoms with Gasteiger partial charge in [0.25, 0.3) is 5.69 Å². The van der Waals surface area contributed by atoms with Crippen molar-refractivity contribution in [2.45, 2.75) is 38.8 Å². The molecule has 0 radical (unpaired) electrons. The Labute approximate surface area is 106 Å². The lowest BCUT2D eigenvalue weighted by Crippen LogP contribution is -2.46. The summed E-state index contributed by atoms with van der Waals surface area (Å²) in [6.07, 6.45) is 2.24. The molecular weight excluding hydrogens is 232 g/mol. The highest BCUT2D eigenvalue weighted by atomic mass is 16.6. The number of nitro benzene ring substituents is 1. The van der Waals surface area contributed by atoms with E-state index in [-0.39, 0.29) is 16.7 Å². The standard InChI is InChI=1S/C13H18N2O3/c1-3-14-10-7-12(8-10)18-11-4-5-13(15(16)17)9(2)6-11/h4-6,10,12,14H,3,7-8H2,1-2H3.